The van der Waals surface area contributed by atoms with E-state index < -0.39 is 0 Å². The second-order valence-corrected chi connectivity index (χ2v) is 6.84. The molecule has 5 heteroatoms. The molecule has 0 amide bonds. The first-order chi connectivity index (χ1) is 13.3. The fraction of sp³-hybridized carbons (Fsp3) is 0.455. The van der Waals surface area contributed by atoms with Crippen LogP contribution in [0.5, 0.6) is 17.2 Å². The maximum absolute atomic E-state index is 5.81. The number of rotatable bonds is 9. The molecule has 1 fully saturated rings. The Hall–Kier alpha value is -2.24. The van der Waals surface area contributed by atoms with E-state index in [2.05, 4.69) is 21.9 Å². The number of benzene rings is 2. The standard InChI is InChI=1S/C22H30N2O3/c1-25-20-6-4-19(5-7-20)18-24-15-13-23(14-16-24)12-3-17-27-22-10-8-21(26-2)9-11-22/h4-11H,3,12-18H2,1-2H3. The van der Waals surface area contributed by atoms with Crippen LogP contribution < -0.4 is 14.2 Å². The molecular formula is C22H30N2O3. The van der Waals surface area contributed by atoms with Gasteiger partial charge in [0.15, 0.2) is 0 Å². The molecule has 5 nitrogen and oxygen atoms in total. The van der Waals surface area contributed by atoms with Gasteiger partial charge in [0.05, 0.1) is 20.8 Å². The molecule has 0 unspecified atom stereocenters. The van der Waals surface area contributed by atoms with Crippen LogP contribution in [0.2, 0.25) is 0 Å². The average Bonchev–Trinajstić information content (AvgIpc) is 2.73. The van der Waals surface area contributed by atoms with Gasteiger partial charge in [-0.2, -0.15) is 0 Å². The normalized spacial score (nSPS) is 15.5. The predicted octanol–water partition coefficient (Wildman–Crippen LogP) is 3.29. The van der Waals surface area contributed by atoms with Crippen molar-refractivity contribution >= 4 is 0 Å². The lowest BCUT2D eigenvalue weighted by atomic mass is 10.2. The van der Waals surface area contributed by atoms with Crippen molar-refractivity contribution in [3.63, 3.8) is 0 Å². The van der Waals surface area contributed by atoms with E-state index in [4.69, 9.17) is 14.2 Å². The smallest absolute Gasteiger partial charge is 0.119 e. The number of nitrogens with zero attached hydrogens (tertiary/aromatic N) is 2. The van der Waals surface area contributed by atoms with E-state index in [1.807, 2.05) is 36.4 Å². The topological polar surface area (TPSA) is 34.2 Å². The third-order valence-electron chi connectivity index (χ3n) is 4.98. The van der Waals surface area contributed by atoms with E-state index in [-0.39, 0.29) is 0 Å². The molecule has 0 N–H and O–H groups in total. The Labute approximate surface area is 162 Å². The highest BCUT2D eigenvalue weighted by atomic mass is 16.5. The van der Waals surface area contributed by atoms with Gasteiger partial charge in [0.25, 0.3) is 0 Å². The van der Waals surface area contributed by atoms with Crippen LogP contribution in [0.25, 0.3) is 0 Å². The van der Waals surface area contributed by atoms with Crippen molar-refractivity contribution in [2.24, 2.45) is 0 Å². The molecule has 1 saturated heterocycles. The number of hydrogen-bond donors (Lipinski definition) is 0. The van der Waals surface area contributed by atoms with Crippen molar-refractivity contribution in [1.29, 1.82) is 0 Å². The second-order valence-electron chi connectivity index (χ2n) is 6.84. The van der Waals surface area contributed by atoms with Gasteiger partial charge in [0, 0.05) is 39.3 Å². The molecule has 0 radical (unpaired) electrons. The summed E-state index contributed by atoms with van der Waals surface area (Å²) in [6.45, 7) is 7.33. The molecule has 0 atom stereocenters. The van der Waals surface area contributed by atoms with Crippen LogP contribution in [0.15, 0.2) is 48.5 Å². The summed E-state index contributed by atoms with van der Waals surface area (Å²) >= 11 is 0. The molecular weight excluding hydrogens is 340 g/mol. The summed E-state index contributed by atoms with van der Waals surface area (Å²) in [6, 6.07) is 16.1. The SMILES string of the molecule is COc1ccc(CN2CCN(CCCOc3ccc(OC)cc3)CC2)cc1. The summed E-state index contributed by atoms with van der Waals surface area (Å²) in [4.78, 5) is 5.05. The highest BCUT2D eigenvalue weighted by Crippen LogP contribution is 2.17. The van der Waals surface area contributed by atoms with Gasteiger partial charge in [-0.3, -0.25) is 4.90 Å². The lowest BCUT2D eigenvalue weighted by molar-refractivity contribution is 0.121. The first-order valence-electron chi connectivity index (χ1n) is 9.61. The van der Waals surface area contributed by atoms with E-state index >= 15 is 0 Å². The zero-order valence-corrected chi connectivity index (χ0v) is 16.4. The Morgan fingerprint density at radius 3 is 1.81 bits per heavy atom. The largest absolute Gasteiger partial charge is 0.497 e. The molecule has 0 saturated carbocycles. The summed E-state index contributed by atoms with van der Waals surface area (Å²) < 4.78 is 16.2. The summed E-state index contributed by atoms with van der Waals surface area (Å²) in [5.41, 5.74) is 1.34. The minimum Gasteiger partial charge on any atom is -0.497 e. The summed E-state index contributed by atoms with van der Waals surface area (Å²) in [7, 11) is 3.38. The van der Waals surface area contributed by atoms with Gasteiger partial charge in [-0.1, -0.05) is 12.1 Å². The highest BCUT2D eigenvalue weighted by Gasteiger charge is 2.16. The van der Waals surface area contributed by atoms with E-state index in [1.165, 1.54) is 5.56 Å². The molecule has 2 aromatic rings. The van der Waals surface area contributed by atoms with Gasteiger partial charge < -0.3 is 19.1 Å². The molecule has 27 heavy (non-hydrogen) atoms. The van der Waals surface area contributed by atoms with Crippen LogP contribution in [-0.2, 0) is 6.54 Å². The summed E-state index contributed by atoms with van der Waals surface area (Å²) in [5.74, 6) is 2.68. The lowest BCUT2D eigenvalue weighted by Crippen LogP contribution is -2.46. The Bertz CT molecular complexity index is 662. The minimum atomic E-state index is 0.748. The molecule has 0 spiro atoms. The molecule has 0 aromatic heterocycles. The Morgan fingerprint density at radius 2 is 1.22 bits per heavy atom. The lowest BCUT2D eigenvalue weighted by Gasteiger charge is -2.34. The Morgan fingerprint density at radius 1 is 0.704 bits per heavy atom. The molecule has 2 aromatic carbocycles. The maximum Gasteiger partial charge on any atom is 0.119 e. The first kappa shape index (κ1) is 19.5. The second kappa shape index (κ2) is 10.2. The van der Waals surface area contributed by atoms with Gasteiger partial charge in [0.2, 0.25) is 0 Å². The van der Waals surface area contributed by atoms with Crippen molar-refractivity contribution < 1.29 is 14.2 Å². The third kappa shape index (κ3) is 6.15. The quantitative estimate of drug-likeness (QED) is 0.633. The van der Waals surface area contributed by atoms with Gasteiger partial charge >= 0.3 is 0 Å². The van der Waals surface area contributed by atoms with Crippen LogP contribution in [-0.4, -0.2) is 63.4 Å². The number of hydrogen-bond acceptors (Lipinski definition) is 5. The molecule has 0 aliphatic carbocycles. The average molecular weight is 370 g/mol. The van der Waals surface area contributed by atoms with Crippen molar-refractivity contribution in [2.75, 3.05) is 53.6 Å². The van der Waals surface area contributed by atoms with Crippen LogP contribution in [0.4, 0.5) is 0 Å². The van der Waals surface area contributed by atoms with Crippen molar-refractivity contribution in [1.82, 2.24) is 9.80 Å². The molecule has 0 bridgehead atoms. The number of ether oxygens (including phenoxy) is 3. The summed E-state index contributed by atoms with van der Waals surface area (Å²) in [6.07, 6.45) is 1.05. The fourth-order valence-corrected chi connectivity index (χ4v) is 3.31. The molecule has 1 heterocycles. The monoisotopic (exact) mass is 370 g/mol. The predicted molar refractivity (Wildman–Crippen MR) is 108 cm³/mol. The van der Waals surface area contributed by atoms with Crippen LogP contribution in [0.1, 0.15) is 12.0 Å². The Kier molecular flexibility index (Phi) is 7.36. The van der Waals surface area contributed by atoms with Crippen LogP contribution in [0, 0.1) is 0 Å². The zero-order valence-electron chi connectivity index (χ0n) is 16.4. The van der Waals surface area contributed by atoms with Crippen molar-refractivity contribution in [2.45, 2.75) is 13.0 Å². The van der Waals surface area contributed by atoms with Gasteiger partial charge in [0.1, 0.15) is 17.2 Å². The van der Waals surface area contributed by atoms with E-state index in [0.717, 1.165) is 69.5 Å². The zero-order chi connectivity index (χ0) is 18.9. The van der Waals surface area contributed by atoms with E-state index in [1.54, 1.807) is 14.2 Å². The molecule has 1 aliphatic rings. The first-order valence-corrected chi connectivity index (χ1v) is 9.61. The summed E-state index contributed by atoms with van der Waals surface area (Å²) in [5, 5.41) is 0. The third-order valence-corrected chi connectivity index (χ3v) is 4.98. The van der Waals surface area contributed by atoms with Gasteiger partial charge in [-0.15, -0.1) is 0 Å². The number of piperazine rings is 1. The molecule has 3 rings (SSSR count). The van der Waals surface area contributed by atoms with E-state index in [0.29, 0.717) is 0 Å². The highest BCUT2D eigenvalue weighted by molar-refractivity contribution is 5.31. The van der Waals surface area contributed by atoms with Gasteiger partial charge in [-0.25, -0.2) is 0 Å². The van der Waals surface area contributed by atoms with E-state index in [9.17, 15) is 0 Å². The minimum absolute atomic E-state index is 0.748. The fourth-order valence-electron chi connectivity index (χ4n) is 3.31. The number of methoxy groups -OCH3 is 2. The van der Waals surface area contributed by atoms with Crippen molar-refractivity contribution in [3.8, 4) is 17.2 Å². The van der Waals surface area contributed by atoms with Crippen LogP contribution in [0.3, 0.4) is 0 Å². The van der Waals surface area contributed by atoms with Gasteiger partial charge in [-0.05, 0) is 48.4 Å². The Balaban J connectivity index is 1.30. The van der Waals surface area contributed by atoms with Crippen LogP contribution >= 0.6 is 0 Å². The van der Waals surface area contributed by atoms with Crippen molar-refractivity contribution in [3.05, 3.63) is 54.1 Å². The maximum atomic E-state index is 5.81. The molecule has 146 valence electrons. The molecule has 1 aliphatic heterocycles.